The van der Waals surface area contributed by atoms with E-state index in [1.165, 1.54) is 75.8 Å². The van der Waals surface area contributed by atoms with Crippen molar-refractivity contribution in [3.05, 3.63) is 184 Å². The molecule has 4 heteroatoms. The zero-order chi connectivity index (χ0) is 40.2. The van der Waals surface area contributed by atoms with Crippen LogP contribution in [0.3, 0.4) is 0 Å². The molecule has 0 amide bonds. The number of fused-ring (bicyclic) bond motifs is 4. The fourth-order valence-electron chi connectivity index (χ4n) is 10.8. The van der Waals surface area contributed by atoms with Gasteiger partial charge < -0.3 is 30.4 Å². The third-order valence-electron chi connectivity index (χ3n) is 13.7. The molecule has 1 saturated carbocycles. The summed E-state index contributed by atoms with van der Waals surface area (Å²) in [5, 5.41) is 4.69. The van der Waals surface area contributed by atoms with Crippen LogP contribution in [0.15, 0.2) is 108 Å². The summed E-state index contributed by atoms with van der Waals surface area (Å²) in [7, 11) is -1.32. The van der Waals surface area contributed by atoms with E-state index in [-0.39, 0.29) is 31.6 Å². The average molecular weight is 977 g/mol. The maximum atomic E-state index is 6.48. The topological polar surface area (TPSA) is 21.6 Å². The summed E-state index contributed by atoms with van der Waals surface area (Å²) in [4.78, 5) is 5.24. The molecule has 1 aliphatic heterocycles. The molecule has 9 rings (SSSR count). The van der Waals surface area contributed by atoms with Crippen molar-refractivity contribution in [1.82, 2.24) is 0 Å². The van der Waals surface area contributed by atoms with Crippen LogP contribution in [-0.2, 0) is 49.5 Å². The van der Waals surface area contributed by atoms with Crippen LogP contribution < -0.4 is 15.9 Å². The monoisotopic (exact) mass is 977 g/mol. The van der Waals surface area contributed by atoms with Gasteiger partial charge >= 0.3 is 0 Å². The van der Waals surface area contributed by atoms with E-state index >= 15 is 0 Å². The van der Waals surface area contributed by atoms with E-state index in [0.717, 1.165) is 49.8 Å². The van der Waals surface area contributed by atoms with Gasteiger partial charge in [0.15, 0.2) is 0 Å². The van der Waals surface area contributed by atoms with E-state index in [2.05, 4.69) is 170 Å². The zero-order valence-corrected chi connectivity index (χ0v) is 39.5. The van der Waals surface area contributed by atoms with E-state index in [1.807, 2.05) is 0 Å². The summed E-state index contributed by atoms with van der Waals surface area (Å²) >= 11 is 0. The predicted molar refractivity (Wildman–Crippen MR) is 250 cm³/mol. The summed E-state index contributed by atoms with van der Waals surface area (Å²) in [5.41, 5.74) is 14.3. The Labute approximate surface area is 371 Å². The first-order valence-electron chi connectivity index (χ1n) is 22.1. The molecule has 0 N–H and O–H groups in total. The van der Waals surface area contributed by atoms with Gasteiger partial charge in [-0.15, -0.1) is 12.8 Å². The average Bonchev–Trinajstić information content (AvgIpc) is 3.96. The van der Waals surface area contributed by atoms with E-state index < -0.39 is 7.92 Å². The van der Waals surface area contributed by atoms with Crippen LogP contribution in [0.4, 0.5) is 0 Å². The molecule has 4 atom stereocenters. The molecule has 0 aromatic heterocycles. The van der Waals surface area contributed by atoms with Crippen LogP contribution in [0.2, 0.25) is 0 Å². The quantitative estimate of drug-likeness (QED) is 0.112. The molecular formula is C55H63IrNOP-3. The zero-order valence-electron chi connectivity index (χ0n) is 36.1. The fourth-order valence-corrected chi connectivity index (χ4v) is 14.4. The molecule has 2 nitrogen and oxygen atoms in total. The molecule has 1 fully saturated rings. The van der Waals surface area contributed by atoms with Crippen LogP contribution in [0.25, 0.3) is 0 Å². The van der Waals surface area contributed by atoms with E-state index in [4.69, 9.17) is 9.73 Å². The Bertz CT molecular complexity index is 2130. The molecule has 4 aliphatic rings. The van der Waals surface area contributed by atoms with Crippen LogP contribution in [0.1, 0.15) is 108 Å². The summed E-state index contributed by atoms with van der Waals surface area (Å²) in [6, 6.07) is 38.8. The van der Waals surface area contributed by atoms with E-state index in [1.54, 1.807) is 21.5 Å². The Morgan fingerprint density at radius 1 is 0.661 bits per heavy atom. The minimum Gasteiger partial charge on any atom is -0.475 e. The first kappa shape index (κ1) is 43.7. The third-order valence-corrected chi connectivity index (χ3v) is 17.2. The standard InChI is InChI=1S/C43H42NOP.C12H20.Ir/c1-28-12-8-13-29(2)40(28)46(41-30(3)14-9-15-31(41)4)37-21-11-19-34-23-25-43(39(34)37)24-22-33-18-10-20-36(38(33)43)42-44-35(27-45-42)26-32-16-6-5-7-17-32;1-3-11-7-5-6-8-12(4-2)10-9-11;/h5-21,35H,22-27H2,1-4H3;3-4,7-8,11-12H,5-6,9-10H2,1-2H3;/q;-4;/p+1/t35-,43-;;/m0../s1. The van der Waals surface area contributed by atoms with Gasteiger partial charge in [0.25, 0.3) is 0 Å². The largest absolute Gasteiger partial charge is 0.475 e. The molecule has 0 saturated heterocycles. The number of aryl methyl sites for hydroxylation is 6. The summed E-state index contributed by atoms with van der Waals surface area (Å²) in [6.45, 7) is 14.3. The van der Waals surface area contributed by atoms with Crippen molar-refractivity contribution in [2.45, 2.75) is 111 Å². The van der Waals surface area contributed by atoms with Gasteiger partial charge in [0.2, 0.25) is 5.90 Å². The minimum absolute atomic E-state index is 0. The molecule has 1 radical (unpaired) electrons. The van der Waals surface area contributed by atoms with Gasteiger partial charge in [-0.3, -0.25) is 11.8 Å². The number of rotatable bonds is 8. The number of aliphatic imine (C=N–C) groups is 1. The molecule has 1 spiro atoms. The Balaban J connectivity index is 0.000000352. The Kier molecular flexibility index (Phi) is 14.5. The molecular weight excluding hydrogens is 914 g/mol. The van der Waals surface area contributed by atoms with Gasteiger partial charge in [0.1, 0.15) is 30.4 Å². The second kappa shape index (κ2) is 19.6. The second-order valence-electron chi connectivity index (χ2n) is 17.4. The van der Waals surface area contributed by atoms with Gasteiger partial charge in [-0.2, -0.15) is 13.8 Å². The molecule has 59 heavy (non-hydrogen) atoms. The first-order chi connectivity index (χ1) is 28.3. The summed E-state index contributed by atoms with van der Waals surface area (Å²) < 4.78 is 6.48. The van der Waals surface area contributed by atoms with Crippen molar-refractivity contribution in [1.29, 1.82) is 0 Å². The van der Waals surface area contributed by atoms with Crippen LogP contribution in [0.5, 0.6) is 0 Å². The molecule has 5 aromatic carbocycles. The number of ether oxygens (including phenoxy) is 1. The SMILES string of the molecule is C[CH-]C1[CH-]CC[CH-]C([CH-]C)CC1.Cc1cccc(C)c1[PH+](c1cccc2c1[C@@]1(CCc3cccc(C4=N[C@@H](Cc5ccccc5)CO4)c31)CC2)c1c(C)cccc1C.[Ir]. The normalized spacial score (nSPS) is 22.0. The smallest absolute Gasteiger partial charge is 0.216 e. The Hall–Kier alpha value is -3.35. The van der Waals surface area contributed by atoms with Gasteiger partial charge in [0, 0.05) is 36.6 Å². The molecule has 2 unspecified atom stereocenters. The van der Waals surface area contributed by atoms with E-state index in [0.29, 0.717) is 6.61 Å². The fraction of sp³-hybridized carbons (Fsp3) is 0.364. The summed E-state index contributed by atoms with van der Waals surface area (Å²) in [5.74, 6) is 2.38. The van der Waals surface area contributed by atoms with Crippen LogP contribution >= 0.6 is 7.92 Å². The second-order valence-corrected chi connectivity index (χ2v) is 19.7. The minimum atomic E-state index is -1.32. The van der Waals surface area contributed by atoms with Gasteiger partial charge in [-0.05, 0) is 116 Å². The van der Waals surface area contributed by atoms with Crippen molar-refractivity contribution in [3.8, 4) is 0 Å². The van der Waals surface area contributed by atoms with E-state index in [9.17, 15) is 0 Å². The van der Waals surface area contributed by atoms with Crippen LogP contribution in [-0.4, -0.2) is 18.5 Å². The predicted octanol–water partition coefficient (Wildman–Crippen LogP) is 11.6. The number of benzene rings is 5. The molecule has 3 aliphatic carbocycles. The van der Waals surface area contributed by atoms with Crippen molar-refractivity contribution in [2.75, 3.05) is 6.61 Å². The molecule has 311 valence electrons. The van der Waals surface area contributed by atoms with Gasteiger partial charge in [0.05, 0.1) is 6.04 Å². The van der Waals surface area contributed by atoms with Crippen LogP contribution in [0, 0.1) is 65.2 Å². The Morgan fingerprint density at radius 3 is 1.75 bits per heavy atom. The maximum Gasteiger partial charge on any atom is 0.216 e. The number of hydrogen-bond acceptors (Lipinski definition) is 2. The van der Waals surface area contributed by atoms with Crippen molar-refractivity contribution in [3.63, 3.8) is 0 Å². The number of hydrogen-bond donors (Lipinski definition) is 0. The maximum absolute atomic E-state index is 6.48. The molecule has 5 aromatic rings. The van der Waals surface area contributed by atoms with Gasteiger partial charge in [-0.25, -0.2) is 17.8 Å². The third kappa shape index (κ3) is 9.01. The summed E-state index contributed by atoms with van der Waals surface area (Å²) in [6.07, 6.45) is 20.2. The Morgan fingerprint density at radius 2 is 1.19 bits per heavy atom. The molecule has 0 bridgehead atoms. The first-order valence-corrected chi connectivity index (χ1v) is 23.6. The van der Waals surface area contributed by atoms with Gasteiger partial charge in [-0.1, -0.05) is 91.0 Å². The number of nitrogens with zero attached hydrogens (tertiary/aromatic N) is 1. The van der Waals surface area contributed by atoms with Crippen molar-refractivity contribution < 1.29 is 24.8 Å². The van der Waals surface area contributed by atoms with Crippen molar-refractivity contribution >= 4 is 29.7 Å². The molecule has 1 heterocycles. The van der Waals surface area contributed by atoms with Crippen molar-refractivity contribution in [2.24, 2.45) is 16.8 Å².